The first kappa shape index (κ1) is 19.9. The molecular formula is C20H20BrN3O4. The van der Waals surface area contributed by atoms with E-state index in [0.717, 1.165) is 10.2 Å². The van der Waals surface area contributed by atoms with Crippen LogP contribution in [0.25, 0.3) is 10.9 Å². The summed E-state index contributed by atoms with van der Waals surface area (Å²) in [7, 11) is 3.05. The van der Waals surface area contributed by atoms with Gasteiger partial charge < -0.3 is 14.8 Å². The normalized spacial score (nSPS) is 10.7. The van der Waals surface area contributed by atoms with Crippen molar-refractivity contribution in [2.45, 2.75) is 19.4 Å². The van der Waals surface area contributed by atoms with E-state index < -0.39 is 0 Å². The molecule has 0 aliphatic rings. The molecule has 146 valence electrons. The Morgan fingerprint density at radius 3 is 2.50 bits per heavy atom. The molecule has 0 spiro atoms. The lowest BCUT2D eigenvalue weighted by atomic mass is 10.2. The van der Waals surface area contributed by atoms with Crippen LogP contribution in [0.1, 0.15) is 12.8 Å². The highest BCUT2D eigenvalue weighted by molar-refractivity contribution is 9.10. The minimum absolute atomic E-state index is 0.101. The van der Waals surface area contributed by atoms with Crippen molar-refractivity contribution in [2.75, 3.05) is 19.5 Å². The number of methoxy groups -OCH3 is 2. The van der Waals surface area contributed by atoms with Gasteiger partial charge in [-0.3, -0.25) is 14.2 Å². The Bertz CT molecular complexity index is 1050. The summed E-state index contributed by atoms with van der Waals surface area (Å²) in [5.41, 5.74) is 1.09. The van der Waals surface area contributed by atoms with Crippen molar-refractivity contribution >= 4 is 38.4 Å². The maximum Gasteiger partial charge on any atom is 0.261 e. The second kappa shape index (κ2) is 8.88. The average molecular weight is 446 g/mol. The minimum Gasteiger partial charge on any atom is -0.493 e. The summed E-state index contributed by atoms with van der Waals surface area (Å²) >= 11 is 3.35. The van der Waals surface area contributed by atoms with E-state index in [2.05, 4.69) is 26.2 Å². The SMILES string of the molecule is COc1cc2ncn(CCCC(=O)Nc3ccc(Br)cc3)c(=O)c2cc1OC. The Balaban J connectivity index is 1.67. The van der Waals surface area contributed by atoms with Crippen LogP contribution in [-0.2, 0) is 11.3 Å². The Morgan fingerprint density at radius 2 is 1.82 bits per heavy atom. The molecular weight excluding hydrogens is 426 g/mol. The summed E-state index contributed by atoms with van der Waals surface area (Å²) in [6, 6.07) is 10.7. The highest BCUT2D eigenvalue weighted by atomic mass is 79.9. The molecule has 3 rings (SSSR count). The second-order valence-corrected chi connectivity index (χ2v) is 7.04. The maximum atomic E-state index is 12.7. The van der Waals surface area contributed by atoms with Gasteiger partial charge in [0.15, 0.2) is 11.5 Å². The predicted molar refractivity (Wildman–Crippen MR) is 111 cm³/mol. The highest BCUT2D eigenvalue weighted by Gasteiger charge is 2.11. The third-order valence-corrected chi connectivity index (χ3v) is 4.79. The minimum atomic E-state index is -0.181. The lowest BCUT2D eigenvalue weighted by Crippen LogP contribution is -2.22. The zero-order valence-electron chi connectivity index (χ0n) is 15.6. The van der Waals surface area contributed by atoms with Crippen molar-refractivity contribution in [1.82, 2.24) is 9.55 Å². The van der Waals surface area contributed by atoms with Gasteiger partial charge in [0.1, 0.15) is 0 Å². The molecule has 2 aromatic carbocycles. The highest BCUT2D eigenvalue weighted by Crippen LogP contribution is 2.29. The number of fused-ring (bicyclic) bond motifs is 1. The molecule has 1 aromatic heterocycles. The van der Waals surface area contributed by atoms with E-state index in [1.165, 1.54) is 25.1 Å². The van der Waals surface area contributed by atoms with E-state index in [4.69, 9.17) is 9.47 Å². The first-order chi connectivity index (χ1) is 13.5. The van der Waals surface area contributed by atoms with E-state index in [1.807, 2.05) is 24.3 Å². The van der Waals surface area contributed by atoms with E-state index in [1.54, 1.807) is 12.1 Å². The van der Waals surface area contributed by atoms with Crippen LogP contribution in [0.4, 0.5) is 5.69 Å². The first-order valence-electron chi connectivity index (χ1n) is 8.68. The number of halogens is 1. The fourth-order valence-corrected chi connectivity index (χ4v) is 3.08. The van der Waals surface area contributed by atoms with Crippen LogP contribution in [0.5, 0.6) is 11.5 Å². The zero-order valence-corrected chi connectivity index (χ0v) is 17.2. The van der Waals surface area contributed by atoms with E-state index in [-0.39, 0.29) is 11.5 Å². The van der Waals surface area contributed by atoms with Gasteiger partial charge in [0.25, 0.3) is 5.56 Å². The summed E-state index contributed by atoms with van der Waals surface area (Å²) in [6.07, 6.45) is 2.30. The Morgan fingerprint density at radius 1 is 1.14 bits per heavy atom. The van der Waals surface area contributed by atoms with Gasteiger partial charge in [-0.25, -0.2) is 4.98 Å². The van der Waals surface area contributed by atoms with Gasteiger partial charge in [0.05, 0.1) is 31.4 Å². The largest absolute Gasteiger partial charge is 0.493 e. The lowest BCUT2D eigenvalue weighted by Gasteiger charge is -2.10. The molecule has 0 bridgehead atoms. The Labute approximate surface area is 170 Å². The van der Waals surface area contributed by atoms with Gasteiger partial charge in [-0.15, -0.1) is 0 Å². The van der Waals surface area contributed by atoms with Crippen molar-refractivity contribution in [3.8, 4) is 11.5 Å². The average Bonchev–Trinajstić information content (AvgIpc) is 2.70. The molecule has 0 aliphatic heterocycles. The molecule has 3 aromatic rings. The summed E-state index contributed by atoms with van der Waals surface area (Å²) < 4.78 is 12.9. The molecule has 8 heteroatoms. The topological polar surface area (TPSA) is 82.5 Å². The van der Waals surface area contributed by atoms with Crippen LogP contribution in [0.2, 0.25) is 0 Å². The molecule has 7 nitrogen and oxygen atoms in total. The molecule has 0 unspecified atom stereocenters. The number of carbonyl (C=O) groups is 1. The van der Waals surface area contributed by atoms with E-state index in [9.17, 15) is 9.59 Å². The van der Waals surface area contributed by atoms with Crippen molar-refractivity contribution in [3.05, 3.63) is 57.6 Å². The monoisotopic (exact) mass is 445 g/mol. The fourth-order valence-electron chi connectivity index (χ4n) is 2.81. The molecule has 0 aliphatic carbocycles. The summed E-state index contributed by atoms with van der Waals surface area (Å²) in [5, 5.41) is 3.28. The molecule has 0 fully saturated rings. The smallest absolute Gasteiger partial charge is 0.261 e. The van der Waals surface area contributed by atoms with Crippen LogP contribution in [-0.4, -0.2) is 29.7 Å². The van der Waals surface area contributed by atoms with Crippen LogP contribution in [0.15, 0.2) is 52.0 Å². The molecule has 0 saturated heterocycles. The third-order valence-electron chi connectivity index (χ3n) is 4.26. The van der Waals surface area contributed by atoms with E-state index >= 15 is 0 Å². The van der Waals surface area contributed by atoms with Gasteiger partial charge in [-0.1, -0.05) is 15.9 Å². The lowest BCUT2D eigenvalue weighted by molar-refractivity contribution is -0.116. The number of aromatic nitrogens is 2. The molecule has 0 atom stereocenters. The number of aryl methyl sites for hydroxylation is 1. The van der Waals surface area contributed by atoms with Crippen molar-refractivity contribution in [3.63, 3.8) is 0 Å². The number of carbonyl (C=O) groups excluding carboxylic acids is 1. The quantitative estimate of drug-likeness (QED) is 0.600. The summed E-state index contributed by atoms with van der Waals surface area (Å²) in [4.78, 5) is 29.1. The van der Waals surface area contributed by atoms with Crippen LogP contribution in [0, 0.1) is 0 Å². The maximum absolute atomic E-state index is 12.7. The van der Waals surface area contributed by atoms with E-state index in [0.29, 0.717) is 41.8 Å². The summed E-state index contributed by atoms with van der Waals surface area (Å²) in [6.45, 7) is 0.393. The van der Waals surface area contributed by atoms with Crippen molar-refractivity contribution < 1.29 is 14.3 Å². The van der Waals surface area contributed by atoms with Crippen LogP contribution >= 0.6 is 15.9 Å². The standard InChI is InChI=1S/C20H20BrN3O4/c1-27-17-10-15-16(11-18(17)28-2)22-12-24(20(15)26)9-3-4-19(25)23-14-7-5-13(21)6-8-14/h5-8,10-12H,3-4,9H2,1-2H3,(H,23,25). The third kappa shape index (κ3) is 4.51. The van der Waals surface area contributed by atoms with Gasteiger partial charge in [0.2, 0.25) is 5.91 Å². The predicted octanol–water partition coefficient (Wildman–Crippen LogP) is 3.60. The van der Waals surface area contributed by atoms with Crippen molar-refractivity contribution in [2.24, 2.45) is 0 Å². The number of benzene rings is 2. The number of ether oxygens (including phenoxy) is 2. The number of hydrogen-bond donors (Lipinski definition) is 1. The number of anilines is 1. The number of amides is 1. The van der Waals surface area contributed by atoms with Gasteiger partial charge in [-0.2, -0.15) is 0 Å². The fraction of sp³-hybridized carbons (Fsp3) is 0.250. The first-order valence-corrected chi connectivity index (χ1v) is 9.47. The second-order valence-electron chi connectivity index (χ2n) is 6.13. The number of hydrogen-bond acceptors (Lipinski definition) is 5. The number of nitrogens with one attached hydrogen (secondary N) is 1. The molecule has 1 amide bonds. The molecule has 0 radical (unpaired) electrons. The van der Waals surface area contributed by atoms with Crippen LogP contribution < -0.4 is 20.3 Å². The van der Waals surface area contributed by atoms with Gasteiger partial charge >= 0.3 is 0 Å². The molecule has 1 N–H and O–H groups in total. The van der Waals surface area contributed by atoms with Gasteiger partial charge in [0, 0.05) is 29.2 Å². The Kier molecular flexibility index (Phi) is 6.30. The molecule has 28 heavy (non-hydrogen) atoms. The number of nitrogens with zero attached hydrogens (tertiary/aromatic N) is 2. The van der Waals surface area contributed by atoms with Gasteiger partial charge in [-0.05, 0) is 36.8 Å². The number of rotatable bonds is 7. The molecule has 1 heterocycles. The van der Waals surface area contributed by atoms with Crippen molar-refractivity contribution in [1.29, 1.82) is 0 Å². The summed E-state index contributed by atoms with van der Waals surface area (Å²) in [5.74, 6) is 0.889. The molecule has 0 saturated carbocycles. The zero-order chi connectivity index (χ0) is 20.1. The Hall–Kier alpha value is -2.87. The van der Waals surface area contributed by atoms with Crippen LogP contribution in [0.3, 0.4) is 0 Å².